The molecule has 0 aliphatic carbocycles. The second-order valence-corrected chi connectivity index (χ2v) is 2.81. The Bertz CT molecular complexity index is 299. The third-order valence-corrected chi connectivity index (χ3v) is 1.76. The maximum Gasteiger partial charge on any atom is 0.128 e. The number of hydrogen-bond donors (Lipinski definition) is 0. The Hall–Kier alpha value is -1.25. The highest BCUT2D eigenvalue weighted by Crippen LogP contribution is 2.20. The number of nitrogens with zero attached hydrogens (tertiary/aromatic N) is 1. The first-order valence-corrected chi connectivity index (χ1v) is 3.73. The zero-order valence-electron chi connectivity index (χ0n) is 7.04. The van der Waals surface area contributed by atoms with Crippen molar-refractivity contribution in [2.45, 2.75) is 19.9 Å². The zero-order valence-corrected chi connectivity index (χ0v) is 7.04. The number of hydrogen-bond acceptors (Lipinski definition) is 2. The molecule has 3 heteroatoms. The average molecular weight is 167 g/mol. The largest absolute Gasteiger partial charge is 0.207 e. The lowest BCUT2D eigenvalue weighted by Gasteiger charge is -2.04. The van der Waals surface area contributed by atoms with Gasteiger partial charge in [-0.25, -0.2) is 4.39 Å². The molecule has 0 saturated heterocycles. The van der Waals surface area contributed by atoms with Crippen LogP contribution in [0.15, 0.2) is 23.4 Å². The highest BCUT2D eigenvalue weighted by atomic mass is 19.1. The van der Waals surface area contributed by atoms with Crippen LogP contribution in [0.2, 0.25) is 0 Å². The van der Waals surface area contributed by atoms with Crippen LogP contribution < -0.4 is 0 Å². The van der Waals surface area contributed by atoms with E-state index in [1.165, 1.54) is 6.07 Å². The maximum atomic E-state index is 13.1. The molecular weight excluding hydrogens is 157 g/mol. The first-order chi connectivity index (χ1) is 5.65. The van der Waals surface area contributed by atoms with Gasteiger partial charge in [0.25, 0.3) is 0 Å². The molecular formula is C9H10FNO. The molecule has 0 aromatic heterocycles. The summed E-state index contributed by atoms with van der Waals surface area (Å²) in [6.45, 7) is 3.37. The van der Waals surface area contributed by atoms with Crippen molar-refractivity contribution in [1.29, 1.82) is 0 Å². The second-order valence-electron chi connectivity index (χ2n) is 2.81. The van der Waals surface area contributed by atoms with Crippen molar-refractivity contribution in [1.82, 2.24) is 0 Å². The highest BCUT2D eigenvalue weighted by molar-refractivity contribution is 5.25. The topological polar surface area (TPSA) is 29.4 Å². The summed E-state index contributed by atoms with van der Waals surface area (Å²) >= 11 is 0. The minimum absolute atomic E-state index is 0.357. The zero-order chi connectivity index (χ0) is 9.14. The van der Waals surface area contributed by atoms with E-state index in [9.17, 15) is 9.30 Å². The normalized spacial score (nSPS) is 12.6. The fraction of sp³-hybridized carbons (Fsp3) is 0.333. The van der Waals surface area contributed by atoms with Gasteiger partial charge in [-0.1, -0.05) is 17.3 Å². The number of rotatable bonds is 2. The Morgan fingerprint density at radius 2 is 2.17 bits per heavy atom. The van der Waals surface area contributed by atoms with E-state index in [0.717, 1.165) is 5.56 Å². The van der Waals surface area contributed by atoms with Gasteiger partial charge >= 0.3 is 0 Å². The average Bonchev–Trinajstić information content (AvgIpc) is 2.03. The van der Waals surface area contributed by atoms with Crippen molar-refractivity contribution in [2.75, 3.05) is 0 Å². The summed E-state index contributed by atoms with van der Waals surface area (Å²) in [5.74, 6) is -0.359. The summed E-state index contributed by atoms with van der Waals surface area (Å²) in [6, 6.07) is 4.15. The van der Waals surface area contributed by atoms with Gasteiger partial charge in [0, 0.05) is 5.56 Å². The van der Waals surface area contributed by atoms with E-state index >= 15 is 0 Å². The summed E-state index contributed by atoms with van der Waals surface area (Å²) in [6.07, 6.45) is 0. The number of aryl methyl sites for hydroxylation is 1. The van der Waals surface area contributed by atoms with Gasteiger partial charge in [-0.2, -0.15) is 4.91 Å². The van der Waals surface area contributed by atoms with Crippen LogP contribution in [-0.4, -0.2) is 0 Å². The minimum atomic E-state index is -0.606. The van der Waals surface area contributed by atoms with Crippen molar-refractivity contribution < 1.29 is 4.39 Å². The fourth-order valence-corrected chi connectivity index (χ4v) is 1.03. The fourth-order valence-electron chi connectivity index (χ4n) is 1.03. The van der Waals surface area contributed by atoms with E-state index in [1.807, 2.05) is 0 Å². The van der Waals surface area contributed by atoms with Gasteiger partial charge in [0.15, 0.2) is 0 Å². The molecule has 1 atom stereocenters. The molecule has 1 aromatic rings. The Morgan fingerprint density at radius 3 is 2.67 bits per heavy atom. The quantitative estimate of drug-likeness (QED) is 0.622. The SMILES string of the molecule is Cc1ccc(C(C)N=O)c(F)c1. The van der Waals surface area contributed by atoms with Crippen molar-refractivity contribution in [3.05, 3.63) is 40.1 Å². The molecule has 0 spiro atoms. The lowest BCUT2D eigenvalue weighted by Crippen LogP contribution is -1.93. The lowest BCUT2D eigenvalue weighted by molar-refractivity contribution is 0.592. The molecule has 0 aliphatic heterocycles. The van der Waals surface area contributed by atoms with Gasteiger partial charge in [0.2, 0.25) is 0 Å². The van der Waals surface area contributed by atoms with Gasteiger partial charge in [0.1, 0.15) is 11.9 Å². The molecule has 0 heterocycles. The first kappa shape index (κ1) is 8.84. The lowest BCUT2D eigenvalue weighted by atomic mass is 10.1. The predicted octanol–water partition coefficient (Wildman–Crippen LogP) is 2.96. The van der Waals surface area contributed by atoms with Crippen LogP contribution in [0, 0.1) is 17.6 Å². The van der Waals surface area contributed by atoms with Crippen molar-refractivity contribution in [3.8, 4) is 0 Å². The van der Waals surface area contributed by atoms with Gasteiger partial charge in [-0.3, -0.25) is 0 Å². The standard InChI is InChI=1S/C9H10FNO/c1-6-3-4-8(7(2)11-12)9(10)5-6/h3-5,7H,1-2H3. The van der Waals surface area contributed by atoms with E-state index < -0.39 is 6.04 Å². The first-order valence-electron chi connectivity index (χ1n) is 3.73. The van der Waals surface area contributed by atoms with Crippen LogP contribution in [-0.2, 0) is 0 Å². The summed E-state index contributed by atoms with van der Waals surface area (Å²) in [7, 11) is 0. The van der Waals surface area contributed by atoms with Crippen LogP contribution in [0.3, 0.4) is 0 Å². The highest BCUT2D eigenvalue weighted by Gasteiger charge is 2.09. The Balaban J connectivity index is 3.09. The van der Waals surface area contributed by atoms with Crippen molar-refractivity contribution in [3.63, 3.8) is 0 Å². The van der Waals surface area contributed by atoms with Crippen LogP contribution in [0.4, 0.5) is 4.39 Å². The van der Waals surface area contributed by atoms with E-state index in [-0.39, 0.29) is 5.82 Å². The number of benzene rings is 1. The third-order valence-electron chi connectivity index (χ3n) is 1.76. The Morgan fingerprint density at radius 1 is 1.50 bits per heavy atom. The van der Waals surface area contributed by atoms with E-state index in [4.69, 9.17) is 0 Å². The summed E-state index contributed by atoms with van der Waals surface area (Å²) < 4.78 is 13.1. The van der Waals surface area contributed by atoms with E-state index in [2.05, 4.69) is 5.18 Å². The molecule has 0 bridgehead atoms. The summed E-state index contributed by atoms with van der Waals surface area (Å²) in [5, 5.41) is 2.76. The maximum absolute atomic E-state index is 13.1. The Labute approximate surface area is 70.4 Å². The second kappa shape index (κ2) is 3.43. The van der Waals surface area contributed by atoms with Crippen molar-refractivity contribution >= 4 is 0 Å². The molecule has 64 valence electrons. The predicted molar refractivity (Wildman–Crippen MR) is 45.3 cm³/mol. The van der Waals surface area contributed by atoms with E-state index in [0.29, 0.717) is 5.56 Å². The Kier molecular flexibility index (Phi) is 2.53. The van der Waals surface area contributed by atoms with Crippen LogP contribution in [0.5, 0.6) is 0 Å². The molecule has 1 rings (SSSR count). The molecule has 2 nitrogen and oxygen atoms in total. The summed E-state index contributed by atoms with van der Waals surface area (Å²) in [5.41, 5.74) is 1.20. The molecule has 12 heavy (non-hydrogen) atoms. The van der Waals surface area contributed by atoms with Crippen molar-refractivity contribution in [2.24, 2.45) is 5.18 Å². The molecule has 0 fully saturated rings. The molecule has 0 N–H and O–H groups in total. The molecule has 0 saturated carbocycles. The van der Waals surface area contributed by atoms with E-state index in [1.54, 1.807) is 26.0 Å². The third kappa shape index (κ3) is 1.67. The molecule has 0 aliphatic rings. The van der Waals surface area contributed by atoms with Gasteiger partial charge in [-0.05, 0) is 25.5 Å². The summed E-state index contributed by atoms with van der Waals surface area (Å²) in [4.78, 5) is 10.1. The van der Waals surface area contributed by atoms with Gasteiger partial charge in [0.05, 0.1) is 0 Å². The van der Waals surface area contributed by atoms with Crippen LogP contribution in [0.1, 0.15) is 24.1 Å². The van der Waals surface area contributed by atoms with Gasteiger partial charge < -0.3 is 0 Å². The molecule has 0 amide bonds. The van der Waals surface area contributed by atoms with Crippen LogP contribution in [0.25, 0.3) is 0 Å². The minimum Gasteiger partial charge on any atom is -0.207 e. The van der Waals surface area contributed by atoms with Crippen LogP contribution >= 0.6 is 0 Å². The molecule has 1 aromatic carbocycles. The number of halogens is 1. The van der Waals surface area contributed by atoms with Gasteiger partial charge in [-0.15, -0.1) is 0 Å². The monoisotopic (exact) mass is 167 g/mol. The smallest absolute Gasteiger partial charge is 0.128 e. The number of nitroso groups, excluding NO2 is 1. The molecule has 1 unspecified atom stereocenters. The molecule has 0 radical (unpaired) electrons.